The molecule has 0 aliphatic carbocycles. The Morgan fingerprint density at radius 1 is 1.18 bits per heavy atom. The quantitative estimate of drug-likeness (QED) is 0.721. The van der Waals surface area contributed by atoms with Crippen LogP contribution in [0.2, 0.25) is 0 Å². The summed E-state index contributed by atoms with van der Waals surface area (Å²) in [5.41, 5.74) is 1.53. The minimum atomic E-state index is -0.134. The van der Waals surface area contributed by atoms with E-state index in [2.05, 4.69) is 32.1 Å². The van der Waals surface area contributed by atoms with Gasteiger partial charge >= 0.3 is 0 Å². The summed E-state index contributed by atoms with van der Waals surface area (Å²) in [5.74, 6) is 0.955. The van der Waals surface area contributed by atoms with E-state index >= 15 is 0 Å². The van der Waals surface area contributed by atoms with Gasteiger partial charge in [-0.1, -0.05) is 13.3 Å². The molecule has 0 atom stereocenters. The largest absolute Gasteiger partial charge is 0.353 e. The van der Waals surface area contributed by atoms with Crippen molar-refractivity contribution in [1.29, 1.82) is 0 Å². The second-order valence-corrected chi connectivity index (χ2v) is 6.96. The van der Waals surface area contributed by atoms with Gasteiger partial charge in [0.25, 0.3) is 5.91 Å². The number of rotatable bonds is 8. The van der Waals surface area contributed by atoms with Crippen LogP contribution in [-0.4, -0.2) is 64.4 Å². The number of carbonyl (C=O) groups excluding carboxylic acids is 2. The normalized spacial score (nSPS) is 14.2. The predicted molar refractivity (Wildman–Crippen MR) is 107 cm³/mol. The minimum Gasteiger partial charge on any atom is -0.353 e. The van der Waals surface area contributed by atoms with E-state index in [0.717, 1.165) is 50.5 Å². The summed E-state index contributed by atoms with van der Waals surface area (Å²) in [6.07, 6.45) is 8.32. The summed E-state index contributed by atoms with van der Waals surface area (Å²) in [6, 6.07) is 3.67. The smallest absolute Gasteiger partial charge is 0.252 e. The molecule has 28 heavy (non-hydrogen) atoms. The lowest BCUT2D eigenvalue weighted by molar-refractivity contribution is -0.131. The minimum absolute atomic E-state index is 0.134. The predicted octanol–water partition coefficient (Wildman–Crippen LogP) is 1.62. The Labute approximate surface area is 165 Å². The standard InChI is InChI=1S/C20H28N6O2/c1-2-3-4-19(27)26-11-9-25(10-12-26)18-6-5-16(13-23-18)20(28)22-8-7-17-14-21-15-24-17/h5-6,13-15H,2-4,7-12H2,1H3,(H,21,24)(H,22,28). The fourth-order valence-electron chi connectivity index (χ4n) is 3.21. The maximum atomic E-state index is 12.2. The van der Waals surface area contributed by atoms with E-state index in [1.807, 2.05) is 11.0 Å². The Kier molecular flexibility index (Phi) is 7.00. The fraction of sp³-hybridized carbons (Fsp3) is 0.500. The molecule has 3 heterocycles. The van der Waals surface area contributed by atoms with Gasteiger partial charge in [-0.3, -0.25) is 9.59 Å². The Bertz CT molecular complexity index is 752. The average Bonchev–Trinajstić information content (AvgIpc) is 3.25. The summed E-state index contributed by atoms with van der Waals surface area (Å²) >= 11 is 0. The molecule has 1 fully saturated rings. The van der Waals surface area contributed by atoms with Crippen LogP contribution in [0.1, 0.15) is 42.2 Å². The van der Waals surface area contributed by atoms with Crippen molar-refractivity contribution in [1.82, 2.24) is 25.2 Å². The van der Waals surface area contributed by atoms with Crippen molar-refractivity contribution in [2.75, 3.05) is 37.6 Å². The summed E-state index contributed by atoms with van der Waals surface area (Å²) in [5, 5.41) is 2.89. The first-order chi connectivity index (χ1) is 13.7. The van der Waals surface area contributed by atoms with Gasteiger partial charge < -0.3 is 20.1 Å². The fourth-order valence-corrected chi connectivity index (χ4v) is 3.21. The molecule has 0 radical (unpaired) electrons. The van der Waals surface area contributed by atoms with Gasteiger partial charge in [-0.15, -0.1) is 0 Å². The lowest BCUT2D eigenvalue weighted by atomic mass is 10.2. The van der Waals surface area contributed by atoms with Crippen LogP contribution in [0.4, 0.5) is 5.82 Å². The molecule has 150 valence electrons. The van der Waals surface area contributed by atoms with E-state index in [4.69, 9.17) is 0 Å². The maximum Gasteiger partial charge on any atom is 0.252 e. The molecule has 0 aromatic carbocycles. The second kappa shape index (κ2) is 9.87. The number of pyridine rings is 1. The molecule has 0 saturated carbocycles. The third kappa shape index (κ3) is 5.31. The average molecular weight is 384 g/mol. The third-order valence-electron chi connectivity index (χ3n) is 4.95. The molecule has 1 aliphatic rings. The van der Waals surface area contributed by atoms with Gasteiger partial charge in [0.2, 0.25) is 5.91 Å². The van der Waals surface area contributed by atoms with Crippen LogP contribution < -0.4 is 10.2 Å². The van der Waals surface area contributed by atoms with Crippen molar-refractivity contribution in [3.05, 3.63) is 42.1 Å². The molecule has 1 saturated heterocycles. The molecule has 0 unspecified atom stereocenters. The highest BCUT2D eigenvalue weighted by molar-refractivity contribution is 5.94. The number of unbranched alkanes of at least 4 members (excludes halogenated alkanes) is 1. The summed E-state index contributed by atoms with van der Waals surface area (Å²) in [4.78, 5) is 39.9. The maximum absolute atomic E-state index is 12.2. The summed E-state index contributed by atoms with van der Waals surface area (Å²) < 4.78 is 0. The zero-order valence-electron chi connectivity index (χ0n) is 16.4. The molecule has 2 aromatic rings. The van der Waals surface area contributed by atoms with E-state index in [9.17, 15) is 9.59 Å². The van der Waals surface area contributed by atoms with Crippen molar-refractivity contribution in [2.45, 2.75) is 32.6 Å². The van der Waals surface area contributed by atoms with Crippen LogP contribution in [0.5, 0.6) is 0 Å². The number of aromatic amines is 1. The Balaban J connectivity index is 1.45. The number of amides is 2. The molecule has 2 N–H and O–H groups in total. The van der Waals surface area contributed by atoms with Crippen molar-refractivity contribution < 1.29 is 9.59 Å². The number of piperazine rings is 1. The lowest BCUT2D eigenvalue weighted by Crippen LogP contribution is -2.49. The summed E-state index contributed by atoms with van der Waals surface area (Å²) in [7, 11) is 0. The van der Waals surface area contributed by atoms with E-state index in [-0.39, 0.29) is 11.8 Å². The van der Waals surface area contributed by atoms with E-state index in [1.165, 1.54) is 0 Å². The van der Waals surface area contributed by atoms with Crippen LogP contribution in [0, 0.1) is 0 Å². The Morgan fingerprint density at radius 2 is 2.00 bits per heavy atom. The van der Waals surface area contributed by atoms with Gasteiger partial charge in [0.05, 0.1) is 11.9 Å². The first-order valence-corrected chi connectivity index (χ1v) is 9.91. The lowest BCUT2D eigenvalue weighted by Gasteiger charge is -2.35. The number of anilines is 1. The van der Waals surface area contributed by atoms with Gasteiger partial charge in [-0.05, 0) is 18.6 Å². The Morgan fingerprint density at radius 3 is 2.64 bits per heavy atom. The highest BCUT2D eigenvalue weighted by atomic mass is 16.2. The van der Waals surface area contributed by atoms with Crippen LogP contribution in [-0.2, 0) is 11.2 Å². The second-order valence-electron chi connectivity index (χ2n) is 6.96. The number of H-pyrrole nitrogens is 1. The van der Waals surface area contributed by atoms with Crippen molar-refractivity contribution in [3.8, 4) is 0 Å². The van der Waals surface area contributed by atoms with Crippen molar-refractivity contribution >= 4 is 17.6 Å². The molecule has 2 aromatic heterocycles. The van der Waals surface area contributed by atoms with Crippen LogP contribution in [0.3, 0.4) is 0 Å². The van der Waals surface area contributed by atoms with Gasteiger partial charge in [0.15, 0.2) is 0 Å². The zero-order valence-corrected chi connectivity index (χ0v) is 16.4. The highest BCUT2D eigenvalue weighted by Gasteiger charge is 2.21. The molecule has 0 bridgehead atoms. The van der Waals surface area contributed by atoms with E-state index < -0.39 is 0 Å². The number of carbonyl (C=O) groups is 2. The molecular weight excluding hydrogens is 356 g/mol. The highest BCUT2D eigenvalue weighted by Crippen LogP contribution is 2.15. The zero-order chi connectivity index (χ0) is 19.8. The van der Waals surface area contributed by atoms with Gasteiger partial charge in [0.1, 0.15) is 5.82 Å². The van der Waals surface area contributed by atoms with Crippen LogP contribution in [0.15, 0.2) is 30.9 Å². The number of nitrogens with one attached hydrogen (secondary N) is 2. The molecule has 2 amide bonds. The Hall–Kier alpha value is -2.90. The monoisotopic (exact) mass is 384 g/mol. The van der Waals surface area contributed by atoms with E-state index in [0.29, 0.717) is 24.9 Å². The molecule has 0 spiro atoms. The molecule has 3 rings (SSSR count). The topological polar surface area (TPSA) is 94.2 Å². The summed E-state index contributed by atoms with van der Waals surface area (Å²) in [6.45, 7) is 5.61. The van der Waals surface area contributed by atoms with E-state index in [1.54, 1.807) is 24.8 Å². The third-order valence-corrected chi connectivity index (χ3v) is 4.95. The number of aromatic nitrogens is 3. The van der Waals surface area contributed by atoms with Gasteiger partial charge in [-0.2, -0.15) is 0 Å². The first-order valence-electron chi connectivity index (χ1n) is 9.91. The van der Waals surface area contributed by atoms with Crippen molar-refractivity contribution in [3.63, 3.8) is 0 Å². The molecule has 8 heteroatoms. The molecule has 8 nitrogen and oxygen atoms in total. The number of hydrogen-bond donors (Lipinski definition) is 2. The molecular formula is C20H28N6O2. The number of hydrogen-bond acceptors (Lipinski definition) is 5. The molecule has 1 aliphatic heterocycles. The number of nitrogens with zero attached hydrogens (tertiary/aromatic N) is 4. The van der Waals surface area contributed by atoms with Gasteiger partial charge in [-0.25, -0.2) is 9.97 Å². The SMILES string of the molecule is CCCCC(=O)N1CCN(c2ccc(C(=O)NCCc3cnc[nH]3)cn2)CC1. The van der Waals surface area contributed by atoms with Crippen molar-refractivity contribution in [2.24, 2.45) is 0 Å². The van der Waals surface area contributed by atoms with Crippen LogP contribution >= 0.6 is 0 Å². The van der Waals surface area contributed by atoms with Gasteiger partial charge in [0, 0.05) is 63.7 Å². The van der Waals surface area contributed by atoms with Crippen LogP contribution in [0.25, 0.3) is 0 Å². The number of imidazole rings is 1. The first kappa shape index (κ1) is 19.9.